The van der Waals surface area contributed by atoms with E-state index in [-0.39, 0.29) is 36.6 Å². The van der Waals surface area contributed by atoms with Gasteiger partial charge in [0.05, 0.1) is 0 Å². The van der Waals surface area contributed by atoms with Gasteiger partial charge in [0.2, 0.25) is 23.5 Å². The van der Waals surface area contributed by atoms with Crippen molar-refractivity contribution in [2.24, 2.45) is 0 Å². The number of piperazine rings is 1. The largest absolute Gasteiger partial charge is 0.337 e. The molecule has 2 aromatic carbocycles. The fourth-order valence-corrected chi connectivity index (χ4v) is 3.75. The van der Waals surface area contributed by atoms with Crippen LogP contribution in [-0.2, 0) is 22.7 Å². The molecule has 0 aliphatic carbocycles. The van der Waals surface area contributed by atoms with Crippen molar-refractivity contribution >= 4 is 11.8 Å². The van der Waals surface area contributed by atoms with Crippen LogP contribution in [0.25, 0.3) is 22.8 Å². The summed E-state index contributed by atoms with van der Waals surface area (Å²) in [7, 11) is 0. The summed E-state index contributed by atoms with van der Waals surface area (Å²) in [6.07, 6.45) is 0. The molecule has 14 heteroatoms. The van der Waals surface area contributed by atoms with Crippen LogP contribution in [0, 0.1) is 11.6 Å². The molecule has 2 aromatic heterocycles. The van der Waals surface area contributed by atoms with Crippen LogP contribution in [0.2, 0.25) is 0 Å². The van der Waals surface area contributed by atoms with E-state index >= 15 is 0 Å². The Labute approximate surface area is 203 Å². The lowest BCUT2D eigenvalue weighted by Crippen LogP contribution is -2.52. The van der Waals surface area contributed by atoms with Gasteiger partial charge in [-0.1, -0.05) is 24.3 Å². The van der Waals surface area contributed by atoms with Gasteiger partial charge in [-0.25, -0.2) is 8.78 Å². The van der Waals surface area contributed by atoms with Crippen molar-refractivity contribution in [1.82, 2.24) is 50.2 Å². The van der Waals surface area contributed by atoms with Crippen molar-refractivity contribution in [3.8, 4) is 22.8 Å². The van der Waals surface area contributed by atoms with Gasteiger partial charge in [-0.05, 0) is 34.7 Å². The first-order chi connectivity index (χ1) is 17.4. The number of hydrogen-bond acceptors (Lipinski definition) is 8. The van der Waals surface area contributed by atoms with Crippen LogP contribution >= 0.6 is 0 Å². The van der Waals surface area contributed by atoms with Gasteiger partial charge in [-0.2, -0.15) is 9.59 Å². The Balaban J connectivity index is 1.12. The molecular formula is C22H20F2N10O2. The Morgan fingerprint density at radius 2 is 1.11 bits per heavy atom. The maximum atomic E-state index is 13.4. The molecule has 0 atom stereocenters. The quantitative estimate of drug-likeness (QED) is 0.382. The molecule has 5 rings (SSSR count). The topological polar surface area (TPSA) is 128 Å². The summed E-state index contributed by atoms with van der Waals surface area (Å²) in [6, 6.07) is 11.6. The lowest BCUT2D eigenvalue weighted by Gasteiger charge is -2.34. The molecule has 184 valence electrons. The fraction of sp³-hybridized carbons (Fsp3) is 0.273. The van der Waals surface area contributed by atoms with E-state index in [1.165, 1.54) is 24.3 Å². The molecule has 1 aliphatic rings. The van der Waals surface area contributed by atoms with E-state index in [0.29, 0.717) is 37.3 Å². The minimum atomic E-state index is -0.418. The molecule has 2 amide bonds. The van der Waals surface area contributed by atoms with Gasteiger partial charge in [0.15, 0.2) is 0 Å². The number of carbonyl (C=O) groups is 2. The average molecular weight is 494 g/mol. The molecular weight excluding hydrogens is 474 g/mol. The number of tetrazole rings is 2. The summed E-state index contributed by atoms with van der Waals surface area (Å²) < 4.78 is 26.8. The van der Waals surface area contributed by atoms with E-state index in [1.807, 2.05) is 0 Å². The van der Waals surface area contributed by atoms with Crippen LogP contribution in [0.1, 0.15) is 0 Å². The van der Waals surface area contributed by atoms with E-state index in [2.05, 4.69) is 30.8 Å². The normalized spacial score (nSPS) is 13.7. The minimum absolute atomic E-state index is 0.123. The Bertz CT molecular complexity index is 1290. The van der Waals surface area contributed by atoms with Crippen LogP contribution in [0.3, 0.4) is 0 Å². The van der Waals surface area contributed by atoms with Gasteiger partial charge in [-0.3, -0.25) is 9.59 Å². The molecule has 0 saturated carbocycles. The molecule has 1 saturated heterocycles. The summed E-state index contributed by atoms with van der Waals surface area (Å²) in [5, 5.41) is 23.8. The molecule has 0 bridgehead atoms. The predicted molar refractivity (Wildman–Crippen MR) is 120 cm³/mol. The molecule has 1 fully saturated rings. The van der Waals surface area contributed by atoms with Crippen LogP contribution in [-0.4, -0.2) is 88.2 Å². The number of halogens is 2. The number of aromatic nitrogens is 8. The monoisotopic (exact) mass is 494 g/mol. The highest BCUT2D eigenvalue weighted by Crippen LogP contribution is 2.15. The first-order valence-corrected chi connectivity index (χ1v) is 11.1. The van der Waals surface area contributed by atoms with Crippen molar-refractivity contribution in [2.75, 3.05) is 26.2 Å². The molecule has 0 spiro atoms. The second-order valence-corrected chi connectivity index (χ2v) is 8.07. The van der Waals surface area contributed by atoms with Crippen LogP contribution in [0.4, 0.5) is 8.78 Å². The molecule has 12 nitrogen and oxygen atoms in total. The van der Waals surface area contributed by atoms with Crippen LogP contribution < -0.4 is 0 Å². The average Bonchev–Trinajstić information content (AvgIpc) is 3.54. The number of nitrogens with zero attached hydrogens (tertiary/aromatic N) is 10. The Morgan fingerprint density at radius 3 is 1.50 bits per heavy atom. The summed E-state index contributed by atoms with van der Waals surface area (Å²) in [4.78, 5) is 30.9. The zero-order valence-corrected chi connectivity index (χ0v) is 18.9. The zero-order valence-electron chi connectivity index (χ0n) is 18.9. The van der Waals surface area contributed by atoms with Crippen molar-refractivity contribution in [3.05, 3.63) is 60.2 Å². The van der Waals surface area contributed by atoms with Gasteiger partial charge in [0.1, 0.15) is 24.7 Å². The van der Waals surface area contributed by atoms with E-state index in [9.17, 15) is 18.4 Å². The fourth-order valence-electron chi connectivity index (χ4n) is 3.75. The Morgan fingerprint density at radius 1 is 0.694 bits per heavy atom. The second kappa shape index (κ2) is 9.93. The molecule has 4 aromatic rings. The van der Waals surface area contributed by atoms with E-state index in [1.54, 1.807) is 34.1 Å². The SMILES string of the molecule is O=C(Cn1nnc(-c2cccc(F)c2)n1)N1CCN(C(=O)Cn2nnc(-c3cccc(F)c3)n2)CC1. The smallest absolute Gasteiger partial charge is 0.246 e. The number of hydrogen-bond donors (Lipinski definition) is 0. The molecule has 3 heterocycles. The van der Waals surface area contributed by atoms with Crippen molar-refractivity contribution < 1.29 is 18.4 Å². The first-order valence-electron chi connectivity index (χ1n) is 11.1. The van der Waals surface area contributed by atoms with Crippen molar-refractivity contribution in [3.63, 3.8) is 0 Å². The molecule has 0 N–H and O–H groups in total. The van der Waals surface area contributed by atoms with Crippen molar-refractivity contribution in [1.29, 1.82) is 0 Å². The van der Waals surface area contributed by atoms with Gasteiger partial charge in [0.25, 0.3) is 0 Å². The number of amides is 2. The maximum absolute atomic E-state index is 13.4. The third-order valence-corrected chi connectivity index (χ3v) is 5.61. The molecule has 0 radical (unpaired) electrons. The number of rotatable bonds is 6. The third kappa shape index (κ3) is 5.21. The van der Waals surface area contributed by atoms with Crippen LogP contribution in [0.15, 0.2) is 48.5 Å². The second-order valence-electron chi connectivity index (χ2n) is 8.07. The predicted octanol–water partition coefficient (Wildman–Crippen LogP) is 0.643. The van der Waals surface area contributed by atoms with Crippen molar-refractivity contribution in [2.45, 2.75) is 13.1 Å². The summed E-state index contributed by atoms with van der Waals surface area (Å²) in [5.41, 5.74) is 0.927. The van der Waals surface area contributed by atoms with E-state index in [4.69, 9.17) is 0 Å². The van der Waals surface area contributed by atoms with E-state index < -0.39 is 11.6 Å². The molecule has 1 aliphatic heterocycles. The van der Waals surface area contributed by atoms with E-state index in [0.717, 1.165) is 9.59 Å². The highest BCUT2D eigenvalue weighted by atomic mass is 19.1. The minimum Gasteiger partial charge on any atom is -0.337 e. The standard InChI is InChI=1S/C22H20F2N10O2/c23-17-5-1-3-15(11-17)21-25-29-33(27-21)13-19(35)31-7-9-32(10-8-31)20(36)14-34-28-22(26-30-34)16-4-2-6-18(24)12-16/h1-6,11-12H,7-10,13-14H2. The van der Waals surface area contributed by atoms with Gasteiger partial charge in [0, 0.05) is 37.3 Å². The number of carbonyl (C=O) groups excluding carboxylic acids is 2. The molecule has 36 heavy (non-hydrogen) atoms. The van der Waals surface area contributed by atoms with Gasteiger partial charge >= 0.3 is 0 Å². The Hall–Kier alpha value is -4.62. The third-order valence-electron chi connectivity index (χ3n) is 5.61. The Kier molecular flexibility index (Phi) is 6.38. The zero-order chi connectivity index (χ0) is 25.1. The van der Waals surface area contributed by atoms with Gasteiger partial charge < -0.3 is 9.80 Å². The lowest BCUT2D eigenvalue weighted by molar-refractivity contribution is -0.140. The highest BCUT2D eigenvalue weighted by molar-refractivity contribution is 5.78. The summed E-state index contributed by atoms with van der Waals surface area (Å²) in [5.74, 6) is -0.830. The highest BCUT2D eigenvalue weighted by Gasteiger charge is 2.25. The van der Waals surface area contributed by atoms with Gasteiger partial charge in [-0.15, -0.1) is 20.4 Å². The number of benzene rings is 2. The van der Waals surface area contributed by atoms with Crippen LogP contribution in [0.5, 0.6) is 0 Å². The summed E-state index contributed by atoms with van der Waals surface area (Å²) in [6.45, 7) is 1.12. The lowest BCUT2D eigenvalue weighted by atomic mass is 10.2. The summed E-state index contributed by atoms with van der Waals surface area (Å²) >= 11 is 0. The molecule has 0 unspecified atom stereocenters. The maximum Gasteiger partial charge on any atom is 0.246 e. The first kappa shape index (κ1) is 23.1.